The summed E-state index contributed by atoms with van der Waals surface area (Å²) in [5.41, 5.74) is 1.14. The van der Waals surface area contributed by atoms with Gasteiger partial charge in [0.1, 0.15) is 0 Å². The molecule has 1 aromatic rings. The summed E-state index contributed by atoms with van der Waals surface area (Å²) in [5.74, 6) is 0. The maximum atomic E-state index is 3.54. The fourth-order valence-corrected chi connectivity index (χ4v) is 3.10. The van der Waals surface area contributed by atoms with Crippen LogP contribution < -0.4 is 10.6 Å². The number of hydrogen-bond acceptors (Lipinski definition) is 2. The van der Waals surface area contributed by atoms with E-state index in [1.165, 1.54) is 12.8 Å². The molecule has 2 N–H and O–H groups in total. The summed E-state index contributed by atoms with van der Waals surface area (Å²) in [6, 6.07) is 6.74. The van der Waals surface area contributed by atoms with Crippen LogP contribution in [0.1, 0.15) is 12.8 Å². The van der Waals surface area contributed by atoms with Gasteiger partial charge < -0.3 is 10.6 Å². The third-order valence-corrected chi connectivity index (χ3v) is 3.97. The minimum atomic E-state index is 0.615. The number of rotatable bonds is 3. The lowest BCUT2D eigenvalue weighted by Gasteiger charge is -2.14. The van der Waals surface area contributed by atoms with E-state index in [9.17, 15) is 0 Å². The zero-order chi connectivity index (χ0) is 10.7. The van der Waals surface area contributed by atoms with E-state index in [0.717, 1.165) is 27.7 Å². The van der Waals surface area contributed by atoms with Crippen molar-refractivity contribution in [2.45, 2.75) is 18.9 Å². The second-order valence-electron chi connectivity index (χ2n) is 3.77. The van der Waals surface area contributed by atoms with Gasteiger partial charge in [0.25, 0.3) is 0 Å². The van der Waals surface area contributed by atoms with E-state index in [1.54, 1.807) is 0 Å². The molecule has 1 saturated heterocycles. The van der Waals surface area contributed by atoms with Gasteiger partial charge in [-0.1, -0.05) is 6.07 Å². The summed E-state index contributed by atoms with van der Waals surface area (Å²) in [5, 5.41) is 6.94. The molecule has 1 aliphatic heterocycles. The van der Waals surface area contributed by atoms with E-state index in [2.05, 4.69) is 54.6 Å². The van der Waals surface area contributed by atoms with E-state index >= 15 is 0 Å². The van der Waals surface area contributed by atoms with Gasteiger partial charge >= 0.3 is 0 Å². The highest BCUT2D eigenvalue weighted by Gasteiger charge is 2.14. The average Bonchev–Trinajstić information content (AvgIpc) is 2.70. The lowest BCUT2D eigenvalue weighted by Crippen LogP contribution is -2.29. The fourth-order valence-electron chi connectivity index (χ4n) is 1.82. The molecule has 0 aromatic heterocycles. The molecular formula is C11H14Br2N2. The van der Waals surface area contributed by atoms with Crippen molar-refractivity contribution in [3.05, 3.63) is 27.1 Å². The van der Waals surface area contributed by atoms with Crippen molar-refractivity contribution in [2.24, 2.45) is 0 Å². The van der Waals surface area contributed by atoms with Crippen molar-refractivity contribution in [3.63, 3.8) is 0 Å². The number of halogens is 2. The van der Waals surface area contributed by atoms with E-state index in [-0.39, 0.29) is 0 Å². The number of hydrogen-bond donors (Lipinski definition) is 2. The second kappa shape index (κ2) is 5.32. The number of anilines is 1. The minimum absolute atomic E-state index is 0.615. The molecule has 4 heteroatoms. The van der Waals surface area contributed by atoms with Crippen LogP contribution in [0.2, 0.25) is 0 Å². The molecule has 82 valence electrons. The Hall–Kier alpha value is -0.0600. The molecule has 0 aliphatic carbocycles. The summed E-state index contributed by atoms with van der Waals surface area (Å²) in [7, 11) is 0. The Morgan fingerprint density at radius 2 is 2.07 bits per heavy atom. The molecule has 0 saturated carbocycles. The van der Waals surface area contributed by atoms with Crippen molar-refractivity contribution in [3.8, 4) is 0 Å². The van der Waals surface area contributed by atoms with Crippen molar-refractivity contribution in [2.75, 3.05) is 18.4 Å². The summed E-state index contributed by atoms with van der Waals surface area (Å²) in [6.45, 7) is 2.14. The Kier molecular flexibility index (Phi) is 4.05. The van der Waals surface area contributed by atoms with E-state index in [1.807, 2.05) is 6.07 Å². The molecule has 1 heterocycles. The number of nitrogens with one attached hydrogen (secondary N) is 2. The summed E-state index contributed by atoms with van der Waals surface area (Å²) in [4.78, 5) is 0. The van der Waals surface area contributed by atoms with Crippen molar-refractivity contribution < 1.29 is 0 Å². The molecule has 1 atom stereocenters. The molecule has 0 bridgehead atoms. The Morgan fingerprint density at radius 1 is 1.33 bits per heavy atom. The van der Waals surface area contributed by atoms with Crippen LogP contribution in [0.5, 0.6) is 0 Å². The van der Waals surface area contributed by atoms with Crippen molar-refractivity contribution in [1.29, 1.82) is 0 Å². The molecule has 1 fully saturated rings. The summed E-state index contributed by atoms with van der Waals surface area (Å²) in [6.07, 6.45) is 2.57. The van der Waals surface area contributed by atoms with Crippen molar-refractivity contribution in [1.82, 2.24) is 5.32 Å². The molecule has 0 spiro atoms. The molecule has 15 heavy (non-hydrogen) atoms. The molecule has 0 radical (unpaired) electrons. The first-order valence-corrected chi connectivity index (χ1v) is 6.77. The van der Waals surface area contributed by atoms with Crippen LogP contribution in [0.3, 0.4) is 0 Å². The number of benzene rings is 1. The van der Waals surface area contributed by atoms with Crippen LogP contribution in [0.4, 0.5) is 5.69 Å². The maximum absolute atomic E-state index is 3.54. The van der Waals surface area contributed by atoms with Crippen LogP contribution in [-0.2, 0) is 0 Å². The Bertz CT molecular complexity index is 315. The lowest BCUT2D eigenvalue weighted by atomic mass is 10.2. The Morgan fingerprint density at radius 3 is 2.67 bits per heavy atom. The number of para-hydroxylation sites is 1. The Labute approximate surface area is 107 Å². The monoisotopic (exact) mass is 332 g/mol. The SMILES string of the molecule is Brc1cccc(Br)c1NCC1CCCN1. The normalized spacial score (nSPS) is 20.5. The van der Waals surface area contributed by atoms with Crippen LogP contribution in [0, 0.1) is 0 Å². The second-order valence-corrected chi connectivity index (χ2v) is 5.48. The highest BCUT2D eigenvalue weighted by Crippen LogP contribution is 2.30. The van der Waals surface area contributed by atoms with Gasteiger partial charge in [0.2, 0.25) is 0 Å². The predicted octanol–water partition coefficient (Wildman–Crippen LogP) is 3.38. The predicted molar refractivity (Wildman–Crippen MR) is 71.4 cm³/mol. The third kappa shape index (κ3) is 2.95. The van der Waals surface area contributed by atoms with Gasteiger partial charge in [0, 0.05) is 21.5 Å². The minimum Gasteiger partial charge on any atom is -0.382 e. The van der Waals surface area contributed by atoms with E-state index < -0.39 is 0 Å². The smallest absolute Gasteiger partial charge is 0.0629 e. The molecule has 2 rings (SSSR count). The first-order chi connectivity index (χ1) is 7.27. The van der Waals surface area contributed by atoms with E-state index in [4.69, 9.17) is 0 Å². The van der Waals surface area contributed by atoms with Crippen LogP contribution >= 0.6 is 31.9 Å². The lowest BCUT2D eigenvalue weighted by molar-refractivity contribution is 0.633. The highest BCUT2D eigenvalue weighted by atomic mass is 79.9. The quantitative estimate of drug-likeness (QED) is 0.886. The van der Waals surface area contributed by atoms with Crippen LogP contribution in [0.15, 0.2) is 27.1 Å². The standard InChI is InChI=1S/C11H14Br2N2/c12-9-4-1-5-10(13)11(9)15-7-8-3-2-6-14-8/h1,4-5,8,14-15H,2-3,6-7H2. The molecule has 0 amide bonds. The third-order valence-electron chi connectivity index (χ3n) is 2.65. The zero-order valence-corrected chi connectivity index (χ0v) is 11.6. The highest BCUT2D eigenvalue weighted by molar-refractivity contribution is 9.11. The largest absolute Gasteiger partial charge is 0.382 e. The molecular weight excluding hydrogens is 320 g/mol. The summed E-state index contributed by atoms with van der Waals surface area (Å²) >= 11 is 7.09. The molecule has 2 nitrogen and oxygen atoms in total. The zero-order valence-electron chi connectivity index (χ0n) is 8.39. The van der Waals surface area contributed by atoms with Gasteiger partial charge in [0.05, 0.1) is 5.69 Å². The maximum Gasteiger partial charge on any atom is 0.0629 e. The van der Waals surface area contributed by atoms with Crippen LogP contribution in [0.25, 0.3) is 0 Å². The first-order valence-electron chi connectivity index (χ1n) is 5.18. The van der Waals surface area contributed by atoms with Gasteiger partial charge in [-0.05, 0) is 63.4 Å². The topological polar surface area (TPSA) is 24.1 Å². The summed E-state index contributed by atoms with van der Waals surface area (Å²) < 4.78 is 2.21. The molecule has 1 unspecified atom stereocenters. The van der Waals surface area contributed by atoms with Gasteiger partial charge in [0.15, 0.2) is 0 Å². The fraction of sp³-hybridized carbons (Fsp3) is 0.455. The first kappa shape index (κ1) is 11.4. The molecule has 1 aromatic carbocycles. The van der Waals surface area contributed by atoms with Gasteiger partial charge in [-0.3, -0.25) is 0 Å². The van der Waals surface area contributed by atoms with E-state index in [0.29, 0.717) is 6.04 Å². The van der Waals surface area contributed by atoms with Gasteiger partial charge in [-0.25, -0.2) is 0 Å². The van der Waals surface area contributed by atoms with Crippen molar-refractivity contribution >= 4 is 37.5 Å². The Balaban J connectivity index is 1.97. The van der Waals surface area contributed by atoms with Crippen LogP contribution in [-0.4, -0.2) is 19.1 Å². The average molecular weight is 334 g/mol. The molecule has 1 aliphatic rings. The van der Waals surface area contributed by atoms with Gasteiger partial charge in [-0.2, -0.15) is 0 Å². The van der Waals surface area contributed by atoms with Gasteiger partial charge in [-0.15, -0.1) is 0 Å².